The van der Waals surface area contributed by atoms with E-state index in [-0.39, 0.29) is 0 Å². The molecule has 0 amide bonds. The molecule has 0 heterocycles. The van der Waals surface area contributed by atoms with Crippen molar-refractivity contribution in [3.63, 3.8) is 0 Å². The largest absolute Gasteiger partial charge is 0.317 e. The molecule has 86 valence electrons. The van der Waals surface area contributed by atoms with E-state index in [9.17, 15) is 0 Å². The molecular weight excluding hydrogens is 172 g/mol. The zero-order valence-electron chi connectivity index (χ0n) is 10.9. The fourth-order valence-corrected chi connectivity index (χ4v) is 1.50. The van der Waals surface area contributed by atoms with Crippen LogP contribution in [0, 0.1) is 5.92 Å². The molecule has 2 heteroatoms. The Balaban J connectivity index is 3.77. The molecule has 14 heavy (non-hydrogen) atoms. The molecule has 0 aromatic carbocycles. The molecule has 0 aromatic rings. The number of hydrogen-bond acceptors (Lipinski definition) is 2. The second kappa shape index (κ2) is 6.41. The van der Waals surface area contributed by atoms with Crippen molar-refractivity contribution < 1.29 is 0 Å². The van der Waals surface area contributed by atoms with E-state index in [1.54, 1.807) is 0 Å². The van der Waals surface area contributed by atoms with Crippen LogP contribution in [0.15, 0.2) is 0 Å². The van der Waals surface area contributed by atoms with Crippen molar-refractivity contribution in [1.29, 1.82) is 0 Å². The minimum Gasteiger partial charge on any atom is -0.317 e. The second-order valence-electron chi connectivity index (χ2n) is 4.94. The first-order valence-corrected chi connectivity index (χ1v) is 5.81. The fourth-order valence-electron chi connectivity index (χ4n) is 1.50. The minimum atomic E-state index is 0.312. The fraction of sp³-hybridized carbons (Fsp3) is 1.00. The van der Waals surface area contributed by atoms with Gasteiger partial charge in [0.05, 0.1) is 0 Å². The highest BCUT2D eigenvalue weighted by Crippen LogP contribution is 2.25. The lowest BCUT2D eigenvalue weighted by Crippen LogP contribution is -2.44. The van der Waals surface area contributed by atoms with Gasteiger partial charge >= 0.3 is 0 Å². The van der Waals surface area contributed by atoms with Gasteiger partial charge in [-0.15, -0.1) is 0 Å². The molecule has 0 rings (SSSR count). The summed E-state index contributed by atoms with van der Waals surface area (Å²) in [7, 11) is 4.33. The molecule has 0 aliphatic carbocycles. The smallest absolute Gasteiger partial charge is 0.0172 e. The van der Waals surface area contributed by atoms with Crippen LogP contribution < -0.4 is 5.32 Å². The molecule has 0 bridgehead atoms. The molecule has 0 radical (unpaired) electrons. The van der Waals surface area contributed by atoms with E-state index in [1.165, 1.54) is 12.8 Å². The second-order valence-corrected chi connectivity index (χ2v) is 4.94. The highest BCUT2D eigenvalue weighted by Gasteiger charge is 2.27. The topological polar surface area (TPSA) is 15.3 Å². The Kier molecular flexibility index (Phi) is 6.38. The Hall–Kier alpha value is -0.0800. The van der Waals surface area contributed by atoms with E-state index in [2.05, 4.69) is 52.0 Å². The number of rotatable bonds is 7. The van der Waals surface area contributed by atoms with Gasteiger partial charge in [-0.3, -0.25) is 0 Å². The molecule has 2 nitrogen and oxygen atoms in total. The molecule has 0 spiro atoms. The lowest BCUT2D eigenvalue weighted by atomic mass is 9.84. The molecule has 0 fully saturated rings. The molecule has 0 aromatic heterocycles. The maximum Gasteiger partial charge on any atom is 0.0172 e. The van der Waals surface area contributed by atoms with Gasteiger partial charge in [0.1, 0.15) is 0 Å². The third-order valence-corrected chi connectivity index (χ3v) is 3.60. The zero-order chi connectivity index (χ0) is 11.2. The van der Waals surface area contributed by atoms with Crippen molar-refractivity contribution in [2.75, 3.05) is 27.2 Å². The molecule has 0 aliphatic rings. The highest BCUT2D eigenvalue weighted by atomic mass is 15.1. The first-order chi connectivity index (χ1) is 6.42. The Morgan fingerprint density at radius 2 is 1.86 bits per heavy atom. The number of nitrogens with one attached hydrogen (secondary N) is 1. The zero-order valence-corrected chi connectivity index (χ0v) is 10.9. The van der Waals surface area contributed by atoms with Crippen LogP contribution in [-0.4, -0.2) is 37.6 Å². The van der Waals surface area contributed by atoms with Crippen LogP contribution in [0.25, 0.3) is 0 Å². The molecule has 1 unspecified atom stereocenters. The summed E-state index contributed by atoms with van der Waals surface area (Å²) in [6.07, 6.45) is 2.59. The Bertz CT molecular complexity index is 141. The van der Waals surface area contributed by atoms with E-state index in [0.717, 1.165) is 19.0 Å². The average molecular weight is 200 g/mol. The summed E-state index contributed by atoms with van der Waals surface area (Å²) in [4.78, 5) is 2.32. The van der Waals surface area contributed by atoms with Crippen LogP contribution in [0.4, 0.5) is 0 Å². The van der Waals surface area contributed by atoms with Crippen molar-refractivity contribution in [3.05, 3.63) is 0 Å². The number of hydrogen-bond donors (Lipinski definition) is 1. The minimum absolute atomic E-state index is 0.312. The Labute approximate surface area is 90.1 Å². The maximum atomic E-state index is 3.37. The SMILES string of the molecule is CCNCCCC(C)C(C)(C)N(C)C. The summed E-state index contributed by atoms with van der Waals surface area (Å²) in [5.74, 6) is 0.746. The molecular formula is C12H28N2. The lowest BCUT2D eigenvalue weighted by Gasteiger charge is -2.38. The number of nitrogens with zero attached hydrogens (tertiary/aromatic N) is 1. The van der Waals surface area contributed by atoms with Gasteiger partial charge in [-0.2, -0.15) is 0 Å². The first kappa shape index (κ1) is 13.9. The van der Waals surface area contributed by atoms with Crippen LogP contribution in [0.2, 0.25) is 0 Å². The standard InChI is InChI=1S/C12H28N2/c1-7-13-10-8-9-11(2)12(3,4)14(5)6/h11,13H,7-10H2,1-6H3. The van der Waals surface area contributed by atoms with Crippen molar-refractivity contribution in [1.82, 2.24) is 10.2 Å². The predicted octanol–water partition coefficient (Wildman–Crippen LogP) is 2.35. The quantitative estimate of drug-likeness (QED) is 0.635. The van der Waals surface area contributed by atoms with Crippen LogP contribution in [-0.2, 0) is 0 Å². The molecule has 0 saturated heterocycles. The van der Waals surface area contributed by atoms with E-state index in [0.29, 0.717) is 5.54 Å². The van der Waals surface area contributed by atoms with Gasteiger partial charge in [0.2, 0.25) is 0 Å². The predicted molar refractivity (Wildman–Crippen MR) is 64.7 cm³/mol. The first-order valence-electron chi connectivity index (χ1n) is 5.81. The van der Waals surface area contributed by atoms with E-state index in [1.807, 2.05) is 0 Å². The third kappa shape index (κ3) is 4.43. The molecule has 0 saturated carbocycles. The normalized spacial score (nSPS) is 14.8. The van der Waals surface area contributed by atoms with E-state index < -0.39 is 0 Å². The van der Waals surface area contributed by atoms with Crippen molar-refractivity contribution in [2.24, 2.45) is 5.92 Å². The van der Waals surface area contributed by atoms with Crippen LogP contribution in [0.5, 0.6) is 0 Å². The van der Waals surface area contributed by atoms with Gasteiger partial charge in [0, 0.05) is 5.54 Å². The van der Waals surface area contributed by atoms with Gasteiger partial charge in [-0.25, -0.2) is 0 Å². The average Bonchev–Trinajstić information content (AvgIpc) is 2.11. The summed E-state index contributed by atoms with van der Waals surface area (Å²) in [5.41, 5.74) is 0.312. The monoisotopic (exact) mass is 200 g/mol. The summed E-state index contributed by atoms with van der Waals surface area (Å²) < 4.78 is 0. The molecule has 1 atom stereocenters. The van der Waals surface area contributed by atoms with Gasteiger partial charge in [0.25, 0.3) is 0 Å². The van der Waals surface area contributed by atoms with Crippen molar-refractivity contribution in [2.45, 2.75) is 46.1 Å². The van der Waals surface area contributed by atoms with E-state index >= 15 is 0 Å². The summed E-state index contributed by atoms with van der Waals surface area (Å²) >= 11 is 0. The van der Waals surface area contributed by atoms with Crippen LogP contribution in [0.3, 0.4) is 0 Å². The van der Waals surface area contributed by atoms with Gasteiger partial charge in [-0.05, 0) is 59.8 Å². The summed E-state index contributed by atoms with van der Waals surface area (Å²) in [6, 6.07) is 0. The van der Waals surface area contributed by atoms with Gasteiger partial charge in [0.15, 0.2) is 0 Å². The summed E-state index contributed by atoms with van der Waals surface area (Å²) in [5, 5.41) is 3.37. The maximum absolute atomic E-state index is 3.37. The van der Waals surface area contributed by atoms with Crippen LogP contribution in [0.1, 0.15) is 40.5 Å². The Morgan fingerprint density at radius 3 is 2.29 bits per heavy atom. The van der Waals surface area contributed by atoms with Crippen LogP contribution >= 0.6 is 0 Å². The Morgan fingerprint density at radius 1 is 1.29 bits per heavy atom. The van der Waals surface area contributed by atoms with Gasteiger partial charge in [-0.1, -0.05) is 13.8 Å². The molecule has 0 aliphatic heterocycles. The van der Waals surface area contributed by atoms with Crippen molar-refractivity contribution in [3.8, 4) is 0 Å². The molecule has 1 N–H and O–H groups in total. The lowest BCUT2D eigenvalue weighted by molar-refractivity contribution is 0.119. The van der Waals surface area contributed by atoms with E-state index in [4.69, 9.17) is 0 Å². The van der Waals surface area contributed by atoms with Gasteiger partial charge < -0.3 is 10.2 Å². The third-order valence-electron chi connectivity index (χ3n) is 3.60. The summed E-state index contributed by atoms with van der Waals surface area (Å²) in [6.45, 7) is 11.4. The highest BCUT2D eigenvalue weighted by molar-refractivity contribution is 4.83. The van der Waals surface area contributed by atoms with Crippen molar-refractivity contribution >= 4 is 0 Å².